The second kappa shape index (κ2) is 9.47. The second-order valence-corrected chi connectivity index (χ2v) is 8.99. The zero-order valence-corrected chi connectivity index (χ0v) is 18.3. The molecule has 12 nitrogen and oxygen atoms in total. The maximum absolute atomic E-state index is 12.3. The summed E-state index contributed by atoms with van der Waals surface area (Å²) in [5.74, 6) is -2.92. The summed E-state index contributed by atoms with van der Waals surface area (Å²) in [5.41, 5.74) is 0. The van der Waals surface area contributed by atoms with Crippen LogP contribution >= 0.6 is 0 Å². The Kier molecular flexibility index (Phi) is 7.03. The standard InChI is InChI=1S/C20H32N2O10/c1-19(29-9-13-17(31-19)11(23)7-27-13)5-15(25)21-3-4-22-16(26)6-20(2)30-10-14-18(32-20)12(24)8-28-14/h11-14,17-18,23-24H,3-10H2,1-2H3,(H,21,25)(H,22,26). The van der Waals surface area contributed by atoms with Gasteiger partial charge in [0.05, 0.1) is 39.3 Å². The molecule has 0 saturated carbocycles. The zero-order valence-electron chi connectivity index (χ0n) is 18.3. The van der Waals surface area contributed by atoms with E-state index in [4.69, 9.17) is 28.4 Å². The van der Waals surface area contributed by atoms with E-state index in [1.165, 1.54) is 0 Å². The molecule has 4 saturated heterocycles. The van der Waals surface area contributed by atoms with E-state index in [0.717, 1.165) is 0 Å². The molecule has 182 valence electrons. The maximum Gasteiger partial charge on any atom is 0.225 e. The number of amides is 2. The lowest BCUT2D eigenvalue weighted by atomic mass is 10.1. The third kappa shape index (κ3) is 5.39. The Morgan fingerprint density at radius 1 is 0.781 bits per heavy atom. The molecule has 0 aliphatic carbocycles. The molecule has 2 amide bonds. The van der Waals surface area contributed by atoms with Gasteiger partial charge in [-0.05, 0) is 13.8 Å². The monoisotopic (exact) mass is 460 g/mol. The SMILES string of the molecule is CC1(CC(=O)NCCNC(=O)CC2(C)OCC3OCC(O)C3O2)OCC2OCC(O)C2O1. The molecule has 4 fully saturated rings. The Bertz CT molecular complexity index is 652. The van der Waals surface area contributed by atoms with Crippen molar-refractivity contribution in [1.29, 1.82) is 0 Å². The van der Waals surface area contributed by atoms with Gasteiger partial charge in [0.25, 0.3) is 0 Å². The van der Waals surface area contributed by atoms with Crippen molar-refractivity contribution in [1.82, 2.24) is 10.6 Å². The van der Waals surface area contributed by atoms with E-state index in [-0.39, 0.29) is 76.4 Å². The van der Waals surface area contributed by atoms with Crippen molar-refractivity contribution < 1.29 is 48.2 Å². The molecule has 4 aliphatic rings. The predicted octanol–water partition coefficient (Wildman–Crippen LogP) is -2.22. The normalized spacial score (nSPS) is 43.4. The van der Waals surface area contributed by atoms with Crippen LogP contribution in [0.25, 0.3) is 0 Å². The minimum atomic E-state index is -1.15. The average Bonchev–Trinajstić information content (AvgIpc) is 3.27. The largest absolute Gasteiger partial charge is 0.388 e. The van der Waals surface area contributed by atoms with Crippen LogP contribution in [0.1, 0.15) is 26.7 Å². The van der Waals surface area contributed by atoms with E-state index < -0.39 is 36.0 Å². The molecule has 0 radical (unpaired) electrons. The van der Waals surface area contributed by atoms with E-state index >= 15 is 0 Å². The Morgan fingerprint density at radius 3 is 1.59 bits per heavy atom. The smallest absolute Gasteiger partial charge is 0.225 e. The Hall–Kier alpha value is -1.38. The molecule has 8 unspecified atom stereocenters. The summed E-state index contributed by atoms with van der Waals surface area (Å²) in [7, 11) is 0. The number of hydrogen-bond donors (Lipinski definition) is 4. The Morgan fingerprint density at radius 2 is 1.19 bits per heavy atom. The van der Waals surface area contributed by atoms with Crippen molar-refractivity contribution >= 4 is 11.8 Å². The van der Waals surface area contributed by atoms with Gasteiger partial charge < -0.3 is 49.3 Å². The lowest BCUT2D eigenvalue weighted by molar-refractivity contribution is -0.308. The maximum atomic E-state index is 12.3. The number of aliphatic hydroxyl groups excluding tert-OH is 2. The van der Waals surface area contributed by atoms with Crippen LogP contribution < -0.4 is 10.6 Å². The molecule has 0 spiro atoms. The zero-order chi connectivity index (χ0) is 22.9. The first-order valence-corrected chi connectivity index (χ1v) is 10.9. The molecule has 8 atom stereocenters. The fraction of sp³-hybridized carbons (Fsp3) is 0.900. The van der Waals surface area contributed by atoms with Gasteiger partial charge in [-0.15, -0.1) is 0 Å². The summed E-state index contributed by atoms with van der Waals surface area (Å²) in [4.78, 5) is 24.6. The van der Waals surface area contributed by atoms with Crippen molar-refractivity contribution in [2.45, 2.75) is 74.9 Å². The summed E-state index contributed by atoms with van der Waals surface area (Å²) >= 11 is 0. The third-order valence-electron chi connectivity index (χ3n) is 6.06. The highest BCUT2D eigenvalue weighted by molar-refractivity contribution is 5.78. The highest BCUT2D eigenvalue weighted by Crippen LogP contribution is 2.33. The van der Waals surface area contributed by atoms with Crippen LogP contribution in [0.4, 0.5) is 0 Å². The molecule has 0 aromatic rings. The lowest BCUT2D eigenvalue weighted by Crippen LogP contribution is -2.53. The van der Waals surface area contributed by atoms with E-state index in [2.05, 4.69) is 10.6 Å². The first-order chi connectivity index (χ1) is 15.2. The minimum absolute atomic E-state index is 0.0520. The fourth-order valence-electron chi connectivity index (χ4n) is 4.37. The van der Waals surface area contributed by atoms with Gasteiger partial charge in [-0.3, -0.25) is 9.59 Å². The third-order valence-corrected chi connectivity index (χ3v) is 6.06. The Balaban J connectivity index is 1.14. The number of carbonyl (C=O) groups is 2. The molecule has 4 aliphatic heterocycles. The fourth-order valence-corrected chi connectivity index (χ4v) is 4.37. The molecule has 0 bridgehead atoms. The van der Waals surface area contributed by atoms with Crippen LogP contribution in [0.5, 0.6) is 0 Å². The molecular formula is C20H32N2O10. The lowest BCUT2D eigenvalue weighted by Gasteiger charge is -2.40. The van der Waals surface area contributed by atoms with Gasteiger partial charge in [-0.2, -0.15) is 0 Å². The van der Waals surface area contributed by atoms with Crippen molar-refractivity contribution in [3.63, 3.8) is 0 Å². The number of ether oxygens (including phenoxy) is 6. The second-order valence-electron chi connectivity index (χ2n) is 8.99. The molecule has 12 heteroatoms. The van der Waals surface area contributed by atoms with Crippen molar-refractivity contribution in [3.8, 4) is 0 Å². The topological polar surface area (TPSA) is 154 Å². The van der Waals surface area contributed by atoms with Crippen LogP contribution in [0, 0.1) is 0 Å². The predicted molar refractivity (Wildman–Crippen MR) is 105 cm³/mol. The highest BCUT2D eigenvalue weighted by atomic mass is 16.7. The van der Waals surface area contributed by atoms with Crippen LogP contribution in [0.15, 0.2) is 0 Å². The molecule has 4 rings (SSSR count). The van der Waals surface area contributed by atoms with Gasteiger partial charge in [0.2, 0.25) is 11.8 Å². The van der Waals surface area contributed by atoms with E-state index in [0.29, 0.717) is 0 Å². The number of rotatable bonds is 7. The van der Waals surface area contributed by atoms with Gasteiger partial charge in [-0.25, -0.2) is 0 Å². The van der Waals surface area contributed by atoms with Crippen molar-refractivity contribution in [3.05, 3.63) is 0 Å². The summed E-state index contributed by atoms with van der Waals surface area (Å²) in [6.07, 6.45) is -3.27. The highest BCUT2D eigenvalue weighted by Gasteiger charge is 2.49. The molecular weight excluding hydrogens is 428 g/mol. The van der Waals surface area contributed by atoms with Gasteiger partial charge in [0.1, 0.15) is 36.6 Å². The molecule has 0 aromatic carbocycles. The first kappa shape index (κ1) is 23.8. The van der Waals surface area contributed by atoms with Gasteiger partial charge in [-0.1, -0.05) is 0 Å². The van der Waals surface area contributed by atoms with Crippen LogP contribution in [0.3, 0.4) is 0 Å². The Labute approximate surface area is 185 Å². The van der Waals surface area contributed by atoms with Crippen molar-refractivity contribution in [2.75, 3.05) is 39.5 Å². The van der Waals surface area contributed by atoms with Gasteiger partial charge in [0.15, 0.2) is 11.6 Å². The minimum Gasteiger partial charge on any atom is -0.388 e. The quantitative estimate of drug-likeness (QED) is 0.307. The van der Waals surface area contributed by atoms with Gasteiger partial charge >= 0.3 is 0 Å². The summed E-state index contributed by atoms with van der Waals surface area (Å²) < 4.78 is 33.6. The van der Waals surface area contributed by atoms with E-state index in [1.807, 2.05) is 0 Å². The molecule has 4 N–H and O–H groups in total. The van der Waals surface area contributed by atoms with Gasteiger partial charge in [0, 0.05) is 13.1 Å². The summed E-state index contributed by atoms with van der Waals surface area (Å²) in [5, 5.41) is 25.3. The summed E-state index contributed by atoms with van der Waals surface area (Å²) in [6.45, 7) is 4.60. The van der Waals surface area contributed by atoms with Crippen LogP contribution in [-0.4, -0.2) is 110 Å². The number of aliphatic hydroxyl groups is 2. The van der Waals surface area contributed by atoms with Crippen molar-refractivity contribution in [2.24, 2.45) is 0 Å². The van der Waals surface area contributed by atoms with Crippen LogP contribution in [-0.2, 0) is 38.0 Å². The van der Waals surface area contributed by atoms with E-state index in [9.17, 15) is 19.8 Å². The molecule has 0 aromatic heterocycles. The molecule has 32 heavy (non-hydrogen) atoms. The summed E-state index contributed by atoms with van der Waals surface area (Å²) in [6, 6.07) is 0. The molecule has 4 heterocycles. The number of fused-ring (bicyclic) bond motifs is 2. The number of hydrogen-bond acceptors (Lipinski definition) is 10. The first-order valence-electron chi connectivity index (χ1n) is 10.9. The van der Waals surface area contributed by atoms with Crippen LogP contribution in [0.2, 0.25) is 0 Å². The number of nitrogens with one attached hydrogen (secondary N) is 2. The van der Waals surface area contributed by atoms with E-state index in [1.54, 1.807) is 13.8 Å². The number of carbonyl (C=O) groups excluding carboxylic acids is 2. The average molecular weight is 460 g/mol.